The molecule has 1 aromatic heterocycles. The molecule has 5 nitrogen and oxygen atoms in total. The molecule has 0 saturated carbocycles. The number of amides is 1. The van der Waals surface area contributed by atoms with Crippen LogP contribution < -0.4 is 0 Å². The normalized spacial score (nSPS) is 18.0. The first-order valence-electron chi connectivity index (χ1n) is 10.1. The highest BCUT2D eigenvalue weighted by molar-refractivity contribution is 5.96. The van der Waals surface area contributed by atoms with Gasteiger partial charge in [-0.1, -0.05) is 30.3 Å². The molecule has 28 heavy (non-hydrogen) atoms. The predicted octanol–water partition coefficient (Wildman–Crippen LogP) is 4.13. The Labute approximate surface area is 167 Å². The molecule has 0 bridgehead atoms. The molecule has 1 aromatic carbocycles. The van der Waals surface area contributed by atoms with Gasteiger partial charge in [-0.3, -0.25) is 9.59 Å². The van der Waals surface area contributed by atoms with Gasteiger partial charge in [0.05, 0.1) is 24.1 Å². The summed E-state index contributed by atoms with van der Waals surface area (Å²) in [7, 11) is 0. The number of hydrogen-bond acceptors (Lipinski definition) is 3. The lowest BCUT2D eigenvalue weighted by Crippen LogP contribution is -2.43. The number of aromatic nitrogens is 1. The number of hydrogen-bond donors (Lipinski definition) is 0. The van der Waals surface area contributed by atoms with E-state index in [1.807, 2.05) is 49.9 Å². The molecule has 1 aliphatic heterocycles. The molecule has 5 heteroatoms. The molecule has 0 radical (unpaired) electrons. The van der Waals surface area contributed by atoms with Crippen LogP contribution in [-0.4, -0.2) is 41.0 Å². The highest BCUT2D eigenvalue weighted by Gasteiger charge is 2.31. The van der Waals surface area contributed by atoms with Crippen LogP contribution in [0, 0.1) is 19.8 Å². The predicted molar refractivity (Wildman–Crippen MR) is 109 cm³/mol. The van der Waals surface area contributed by atoms with Gasteiger partial charge in [-0.2, -0.15) is 0 Å². The summed E-state index contributed by atoms with van der Waals surface area (Å²) < 4.78 is 7.38. The van der Waals surface area contributed by atoms with E-state index in [0.29, 0.717) is 19.7 Å². The average molecular weight is 383 g/mol. The summed E-state index contributed by atoms with van der Waals surface area (Å²) in [4.78, 5) is 27.2. The van der Waals surface area contributed by atoms with Crippen molar-refractivity contribution in [3.8, 4) is 0 Å². The van der Waals surface area contributed by atoms with E-state index in [-0.39, 0.29) is 23.8 Å². The SMILES string of the molecule is CCOC(=O)C1CCCN(C(=O)c2cc(C)n(C(C)c3ccccc3)c2C)C1. The van der Waals surface area contributed by atoms with Crippen molar-refractivity contribution in [3.05, 3.63) is 58.9 Å². The maximum atomic E-state index is 13.2. The van der Waals surface area contributed by atoms with Gasteiger partial charge >= 0.3 is 5.97 Å². The molecule has 0 N–H and O–H groups in total. The number of rotatable bonds is 5. The topological polar surface area (TPSA) is 51.5 Å². The third-order valence-electron chi connectivity index (χ3n) is 5.71. The van der Waals surface area contributed by atoms with Gasteiger partial charge < -0.3 is 14.2 Å². The molecule has 2 unspecified atom stereocenters. The molecule has 150 valence electrons. The highest BCUT2D eigenvalue weighted by Crippen LogP contribution is 2.27. The first-order valence-corrected chi connectivity index (χ1v) is 10.1. The molecular formula is C23H30N2O3. The third kappa shape index (κ3) is 3.98. The van der Waals surface area contributed by atoms with Crippen molar-refractivity contribution < 1.29 is 14.3 Å². The van der Waals surface area contributed by atoms with E-state index in [1.54, 1.807) is 0 Å². The number of ether oxygens (including phenoxy) is 1. The Morgan fingerprint density at radius 2 is 1.93 bits per heavy atom. The Bertz CT molecular complexity index is 841. The summed E-state index contributed by atoms with van der Waals surface area (Å²) in [5.74, 6) is -0.402. The van der Waals surface area contributed by atoms with Crippen LogP contribution in [0.15, 0.2) is 36.4 Å². The van der Waals surface area contributed by atoms with Gasteiger partial charge in [0.1, 0.15) is 0 Å². The number of aryl methyl sites for hydroxylation is 1. The van der Waals surface area contributed by atoms with Crippen molar-refractivity contribution in [2.24, 2.45) is 5.92 Å². The van der Waals surface area contributed by atoms with Crippen LogP contribution in [0.4, 0.5) is 0 Å². The zero-order valence-electron chi connectivity index (χ0n) is 17.3. The Hall–Kier alpha value is -2.56. The number of esters is 1. The number of carbonyl (C=O) groups excluding carboxylic acids is 2. The van der Waals surface area contributed by atoms with E-state index in [2.05, 4.69) is 23.6 Å². The van der Waals surface area contributed by atoms with Crippen molar-refractivity contribution in [1.82, 2.24) is 9.47 Å². The maximum absolute atomic E-state index is 13.2. The van der Waals surface area contributed by atoms with Crippen molar-refractivity contribution in [1.29, 1.82) is 0 Å². The summed E-state index contributed by atoms with van der Waals surface area (Å²) in [5, 5.41) is 0. The van der Waals surface area contributed by atoms with Crippen LogP contribution in [0.25, 0.3) is 0 Å². The van der Waals surface area contributed by atoms with Crippen LogP contribution in [0.2, 0.25) is 0 Å². The van der Waals surface area contributed by atoms with Gasteiger partial charge in [0.15, 0.2) is 0 Å². The van der Waals surface area contributed by atoms with Gasteiger partial charge in [-0.15, -0.1) is 0 Å². The standard InChI is InChI=1S/C23H30N2O3/c1-5-28-23(27)20-12-9-13-24(15-20)22(26)21-14-16(2)25(18(21)4)17(3)19-10-7-6-8-11-19/h6-8,10-11,14,17,20H,5,9,12-13,15H2,1-4H3. The van der Waals surface area contributed by atoms with Crippen molar-refractivity contribution >= 4 is 11.9 Å². The number of piperidine rings is 1. The second-order valence-electron chi connectivity index (χ2n) is 7.58. The van der Waals surface area contributed by atoms with Gasteiger partial charge in [0.25, 0.3) is 5.91 Å². The number of carbonyl (C=O) groups is 2. The molecule has 1 fully saturated rings. The van der Waals surface area contributed by atoms with E-state index >= 15 is 0 Å². The molecule has 0 aliphatic carbocycles. The minimum absolute atomic E-state index is 0.00797. The smallest absolute Gasteiger partial charge is 0.310 e. The summed E-state index contributed by atoms with van der Waals surface area (Å²) in [5.41, 5.74) is 3.97. The van der Waals surface area contributed by atoms with Crippen LogP contribution in [0.3, 0.4) is 0 Å². The van der Waals surface area contributed by atoms with Crippen molar-refractivity contribution in [2.75, 3.05) is 19.7 Å². The third-order valence-corrected chi connectivity index (χ3v) is 5.71. The lowest BCUT2D eigenvalue weighted by molar-refractivity contribution is -0.149. The lowest BCUT2D eigenvalue weighted by Gasteiger charge is -2.31. The Kier molecular flexibility index (Phi) is 6.22. The van der Waals surface area contributed by atoms with Crippen molar-refractivity contribution in [3.63, 3.8) is 0 Å². The van der Waals surface area contributed by atoms with Crippen LogP contribution in [0.5, 0.6) is 0 Å². The summed E-state index contributed by atoms with van der Waals surface area (Å²) in [6.07, 6.45) is 1.61. The summed E-state index contributed by atoms with van der Waals surface area (Å²) in [6, 6.07) is 12.4. The van der Waals surface area contributed by atoms with Crippen LogP contribution in [-0.2, 0) is 9.53 Å². The zero-order valence-corrected chi connectivity index (χ0v) is 17.3. The van der Waals surface area contributed by atoms with E-state index < -0.39 is 0 Å². The monoisotopic (exact) mass is 382 g/mol. The number of benzene rings is 1. The van der Waals surface area contributed by atoms with Gasteiger partial charge in [0, 0.05) is 24.5 Å². The minimum Gasteiger partial charge on any atom is -0.466 e. The number of nitrogens with zero attached hydrogens (tertiary/aromatic N) is 2. The average Bonchev–Trinajstić information content (AvgIpc) is 3.02. The van der Waals surface area contributed by atoms with Gasteiger partial charge in [-0.05, 0) is 52.2 Å². The number of likely N-dealkylation sites (tertiary alicyclic amines) is 1. The fourth-order valence-electron chi connectivity index (χ4n) is 4.25. The van der Waals surface area contributed by atoms with E-state index in [0.717, 1.165) is 29.8 Å². The molecule has 0 spiro atoms. The summed E-state index contributed by atoms with van der Waals surface area (Å²) >= 11 is 0. The fraction of sp³-hybridized carbons (Fsp3) is 0.478. The fourth-order valence-corrected chi connectivity index (χ4v) is 4.25. The Morgan fingerprint density at radius 3 is 2.61 bits per heavy atom. The van der Waals surface area contributed by atoms with E-state index in [9.17, 15) is 9.59 Å². The Morgan fingerprint density at radius 1 is 1.21 bits per heavy atom. The van der Waals surface area contributed by atoms with E-state index in [4.69, 9.17) is 4.74 Å². The quantitative estimate of drug-likeness (QED) is 0.731. The first kappa shape index (κ1) is 20.2. The van der Waals surface area contributed by atoms with Gasteiger partial charge in [0.2, 0.25) is 0 Å². The van der Waals surface area contributed by atoms with Crippen LogP contribution >= 0.6 is 0 Å². The lowest BCUT2D eigenvalue weighted by atomic mass is 9.97. The molecule has 1 amide bonds. The molecule has 2 heterocycles. The highest BCUT2D eigenvalue weighted by atomic mass is 16.5. The Balaban J connectivity index is 1.82. The van der Waals surface area contributed by atoms with E-state index in [1.165, 1.54) is 5.56 Å². The molecule has 2 aromatic rings. The van der Waals surface area contributed by atoms with Crippen LogP contribution in [0.1, 0.15) is 60.0 Å². The second kappa shape index (κ2) is 8.63. The molecule has 1 saturated heterocycles. The first-order chi connectivity index (χ1) is 13.4. The maximum Gasteiger partial charge on any atom is 0.310 e. The second-order valence-corrected chi connectivity index (χ2v) is 7.58. The van der Waals surface area contributed by atoms with Gasteiger partial charge in [-0.25, -0.2) is 0 Å². The largest absolute Gasteiger partial charge is 0.466 e. The summed E-state index contributed by atoms with van der Waals surface area (Å²) in [6.45, 7) is 9.52. The molecule has 2 atom stereocenters. The van der Waals surface area contributed by atoms with Crippen molar-refractivity contribution in [2.45, 2.75) is 46.6 Å². The molecule has 1 aliphatic rings. The minimum atomic E-state index is -0.218. The zero-order chi connectivity index (χ0) is 20.3. The molecular weight excluding hydrogens is 352 g/mol. The molecule has 3 rings (SSSR count).